The van der Waals surface area contributed by atoms with Gasteiger partial charge < -0.3 is 6.53 Å². The van der Waals surface area contributed by atoms with Crippen LogP contribution in [-0.2, 0) is 13.4 Å². The predicted molar refractivity (Wildman–Crippen MR) is 48.2 cm³/mol. The van der Waals surface area contributed by atoms with Crippen molar-refractivity contribution in [1.82, 2.24) is 0 Å². The van der Waals surface area contributed by atoms with Gasteiger partial charge in [-0.1, -0.05) is 6.58 Å². The van der Waals surface area contributed by atoms with Crippen molar-refractivity contribution in [2.45, 2.75) is 0 Å². The first-order valence-corrected chi connectivity index (χ1v) is 12.3. The van der Waals surface area contributed by atoms with Gasteiger partial charge in [-0.2, -0.15) is 0 Å². The van der Waals surface area contributed by atoms with Crippen LogP contribution >= 0.6 is 48.5 Å². The van der Waals surface area contributed by atoms with E-state index < -0.39 is 14.6 Å². The Morgan fingerprint density at radius 2 is 1.42 bits per heavy atom. The van der Waals surface area contributed by atoms with Gasteiger partial charge in [0.25, 0.3) is 0 Å². The summed E-state index contributed by atoms with van der Waals surface area (Å²) < 4.78 is 0. The molecule has 0 aromatic rings. The summed E-state index contributed by atoms with van der Waals surface area (Å²) in [5.41, 5.74) is 0. The average Bonchev–Trinajstić information content (AvgIpc) is 1.59. The number of hydrogen-bond donors (Lipinski definition) is 1. The summed E-state index contributed by atoms with van der Waals surface area (Å²) in [6, 6.07) is 0. The van der Waals surface area contributed by atoms with Crippen LogP contribution < -0.4 is 51.4 Å². The summed E-state index contributed by atoms with van der Waals surface area (Å²) in [6.07, 6.45) is 0.833. The smallest absolute Gasteiger partial charge is 1.00 e. The molecule has 0 aliphatic carbocycles. The van der Waals surface area contributed by atoms with Crippen molar-refractivity contribution in [2.24, 2.45) is 0 Å². The minimum Gasteiger partial charge on any atom is -1.00 e. The van der Waals surface area contributed by atoms with Gasteiger partial charge in [-0.25, -0.2) is 4.79 Å². The summed E-state index contributed by atoms with van der Waals surface area (Å²) >= 11 is 0. The van der Waals surface area contributed by atoms with Crippen LogP contribution in [0.1, 0.15) is 1.43 Å². The van der Waals surface area contributed by atoms with Crippen molar-refractivity contribution in [3.8, 4) is 0 Å². The van der Waals surface area contributed by atoms with Crippen LogP contribution in [-0.4, -0.2) is 11.1 Å². The molecule has 0 aliphatic heterocycles. The third-order valence-electron chi connectivity index (χ3n) is 0.175. The molecule has 0 spiro atoms. The Hall–Kier alpha value is 2.92. The summed E-state index contributed by atoms with van der Waals surface area (Å²) in [5, 5.41) is 7.60. The Morgan fingerprint density at radius 3 is 1.42 bits per heavy atom. The Balaban J connectivity index is -0.0000000546. The molecule has 0 fully saturated rings. The molecule has 9 heteroatoms. The van der Waals surface area contributed by atoms with Crippen molar-refractivity contribution in [1.29, 1.82) is 0 Å². The van der Waals surface area contributed by atoms with E-state index in [1.165, 1.54) is 0 Å². The fraction of sp³-hybridized carbons (Fsp3) is 0. The minimum atomic E-state index is -4.04. The zero-order valence-corrected chi connectivity index (χ0v) is 14.4. The number of carbonyl (C=O) groups is 1. The fourth-order valence-corrected chi connectivity index (χ4v) is 0. The summed E-state index contributed by atoms with van der Waals surface area (Å²) in [4.78, 5) is 9.25. The van der Waals surface area contributed by atoms with E-state index in [0.717, 1.165) is 6.08 Å². The number of rotatable bonds is 1. The van der Waals surface area contributed by atoms with Crippen LogP contribution in [0.5, 0.6) is 0 Å². The fourth-order valence-electron chi connectivity index (χ4n) is 0. The molecule has 0 heterocycles. The molecular formula is C3H5Cl5KO2Rh. The molecule has 1 N–H and O–H groups in total. The van der Waals surface area contributed by atoms with Gasteiger partial charge in [0, 0.05) is 6.08 Å². The molecule has 0 aliphatic rings. The molecule has 0 rings (SSSR count). The van der Waals surface area contributed by atoms with Crippen LogP contribution in [0, 0.1) is 0 Å². The van der Waals surface area contributed by atoms with Crippen molar-refractivity contribution in [2.75, 3.05) is 0 Å². The van der Waals surface area contributed by atoms with Gasteiger partial charge in [0.1, 0.15) is 0 Å². The molecule has 0 unspecified atom stereocenters. The number of carboxylic acids is 1. The van der Waals surface area contributed by atoms with Crippen LogP contribution in [0.25, 0.3) is 0 Å². The summed E-state index contributed by atoms with van der Waals surface area (Å²) in [5.74, 6) is -0.981. The third-order valence-corrected chi connectivity index (χ3v) is 0.175. The summed E-state index contributed by atoms with van der Waals surface area (Å²) in [7, 11) is 21.0. The zero-order chi connectivity index (χ0) is 9.73. The monoisotopic (exact) mass is 390 g/mol. The molecule has 0 amide bonds. The van der Waals surface area contributed by atoms with E-state index in [2.05, 4.69) is 6.58 Å². The van der Waals surface area contributed by atoms with Crippen molar-refractivity contribution in [3.63, 3.8) is 0 Å². The molecule has 0 atom stereocenters. The largest absolute Gasteiger partial charge is 1.00 e. The van der Waals surface area contributed by atoms with E-state index >= 15 is 0 Å². The van der Waals surface area contributed by atoms with E-state index in [0.29, 0.717) is 0 Å². The van der Waals surface area contributed by atoms with Gasteiger partial charge >= 0.3 is 114 Å². The standard InChI is InChI=1S/C3H4O2.5ClH.K.Rh.H/c1-2-3(4)5;;;;;;;;/h2H,1H2,(H,4,5);5*1H;;;/q;;;;;;+1;+5;-1/p-5. The molecule has 0 saturated heterocycles. The quantitative estimate of drug-likeness (QED) is 0.530. The molecule has 2 nitrogen and oxygen atoms in total. The second kappa shape index (κ2) is 8.12. The number of halogens is 5. The molecule has 0 saturated carbocycles. The SMILES string of the molecule is C=CC(=O)O.[Cl][Rh]([Cl])([Cl])([Cl])[Cl].[H-].[K+]. The maximum absolute atomic E-state index is 9.25. The van der Waals surface area contributed by atoms with Gasteiger partial charge in [0.2, 0.25) is 0 Å². The summed E-state index contributed by atoms with van der Waals surface area (Å²) in [6.45, 7) is 2.96. The van der Waals surface area contributed by atoms with Gasteiger partial charge in [-0.15, -0.1) is 0 Å². The van der Waals surface area contributed by atoms with Crippen molar-refractivity contribution >= 4 is 54.4 Å². The van der Waals surface area contributed by atoms with E-state index in [1.807, 2.05) is 0 Å². The molecule has 0 radical (unpaired) electrons. The van der Waals surface area contributed by atoms with Gasteiger partial charge in [0.05, 0.1) is 0 Å². The molecule has 74 valence electrons. The third kappa shape index (κ3) is 75.8. The maximum Gasteiger partial charge on any atom is 1.00 e. The van der Waals surface area contributed by atoms with Crippen LogP contribution in [0.4, 0.5) is 0 Å². The second-order valence-electron chi connectivity index (χ2n) is 1.02. The zero-order valence-electron chi connectivity index (χ0n) is 6.86. The predicted octanol–water partition coefficient (Wildman–Crippen LogP) is 0.819. The van der Waals surface area contributed by atoms with Crippen molar-refractivity contribution in [3.05, 3.63) is 12.7 Å². The Morgan fingerprint density at radius 1 is 1.33 bits per heavy atom. The first kappa shape index (κ1) is 20.3. The second-order valence-corrected chi connectivity index (χ2v) is 25.9. The minimum absolute atomic E-state index is 0. The number of aliphatic carboxylic acids is 1. The van der Waals surface area contributed by atoms with Crippen molar-refractivity contribution < 1.29 is 71.4 Å². The van der Waals surface area contributed by atoms with Gasteiger partial charge in [0.15, 0.2) is 0 Å². The topological polar surface area (TPSA) is 37.3 Å². The maximum atomic E-state index is 9.25. The first-order valence-electron chi connectivity index (χ1n) is 1.75. The van der Waals surface area contributed by atoms with Crippen LogP contribution in [0.3, 0.4) is 0 Å². The molecular weight excluding hydrogens is 387 g/mol. The Kier molecular flexibility index (Phi) is 13.8. The molecule has 0 bridgehead atoms. The van der Waals surface area contributed by atoms with Gasteiger partial charge in [-0.05, 0) is 0 Å². The van der Waals surface area contributed by atoms with Crippen LogP contribution in [0.2, 0.25) is 0 Å². The van der Waals surface area contributed by atoms with E-state index in [4.69, 9.17) is 53.6 Å². The van der Waals surface area contributed by atoms with Crippen LogP contribution in [0.15, 0.2) is 12.7 Å². The van der Waals surface area contributed by atoms with Gasteiger partial charge in [-0.3, -0.25) is 0 Å². The average molecular weight is 392 g/mol. The molecule has 0 aromatic heterocycles. The Bertz CT molecular complexity index is 152. The normalized spacial score (nSPS) is 12.2. The van der Waals surface area contributed by atoms with E-state index in [9.17, 15) is 4.79 Å². The molecule has 12 heavy (non-hydrogen) atoms. The number of hydrogen-bond acceptors (Lipinski definition) is 1. The first-order chi connectivity index (χ1) is 4.51. The van der Waals surface area contributed by atoms with E-state index in [1.54, 1.807) is 0 Å². The Labute approximate surface area is 135 Å². The molecule has 0 aromatic carbocycles. The number of carboxylic acid groups (broad SMARTS) is 1. The van der Waals surface area contributed by atoms with E-state index in [-0.39, 0.29) is 52.8 Å².